The van der Waals surface area contributed by atoms with Gasteiger partial charge in [0.1, 0.15) is 16.8 Å². The first-order chi connectivity index (χ1) is 10.6. The second-order valence-electron chi connectivity index (χ2n) is 4.40. The topological polar surface area (TPSA) is 61.6 Å². The Kier molecular flexibility index (Phi) is 3.57. The highest BCUT2D eigenvalue weighted by molar-refractivity contribution is 6.31. The van der Waals surface area contributed by atoms with Crippen LogP contribution < -0.4 is 5.32 Å². The van der Waals surface area contributed by atoms with Crippen LogP contribution in [0.1, 0.15) is 5.56 Å². The molecule has 0 fully saturated rings. The number of rotatable bonds is 2. The number of nitriles is 1. The van der Waals surface area contributed by atoms with Crippen LogP contribution in [0.25, 0.3) is 10.9 Å². The maximum Gasteiger partial charge on any atom is 0.249 e. The lowest BCUT2D eigenvalue weighted by Crippen LogP contribution is -2.00. The number of halogens is 3. The van der Waals surface area contributed by atoms with Gasteiger partial charge >= 0.3 is 0 Å². The number of aromatic nitrogens is 2. The van der Waals surface area contributed by atoms with Crippen LogP contribution in [0, 0.1) is 23.1 Å². The molecule has 0 atom stereocenters. The average molecular weight is 317 g/mol. The van der Waals surface area contributed by atoms with Crippen LogP contribution >= 0.6 is 11.6 Å². The van der Waals surface area contributed by atoms with E-state index >= 15 is 0 Å². The Labute approximate surface area is 129 Å². The second-order valence-corrected chi connectivity index (χ2v) is 4.76. The number of benzene rings is 1. The molecule has 4 nitrogen and oxygen atoms in total. The van der Waals surface area contributed by atoms with Gasteiger partial charge in [0.25, 0.3) is 0 Å². The maximum atomic E-state index is 13.3. The third kappa shape index (κ3) is 2.43. The van der Waals surface area contributed by atoms with E-state index in [2.05, 4.69) is 15.3 Å². The number of para-hydroxylation sites is 1. The maximum absolute atomic E-state index is 13.3. The zero-order valence-electron chi connectivity index (χ0n) is 10.9. The van der Waals surface area contributed by atoms with Crippen molar-refractivity contribution in [3.8, 4) is 6.07 Å². The molecule has 108 valence electrons. The first-order valence-electron chi connectivity index (χ1n) is 6.16. The highest BCUT2D eigenvalue weighted by Crippen LogP contribution is 2.32. The van der Waals surface area contributed by atoms with E-state index in [1.165, 1.54) is 0 Å². The summed E-state index contributed by atoms with van der Waals surface area (Å²) < 4.78 is 26.2. The van der Waals surface area contributed by atoms with Crippen molar-refractivity contribution in [3.05, 3.63) is 59.0 Å². The predicted octanol–water partition coefficient (Wildman–Crippen LogP) is 4.18. The molecule has 0 amide bonds. The first-order valence-corrected chi connectivity index (χ1v) is 6.54. The van der Waals surface area contributed by atoms with Gasteiger partial charge in [-0.15, -0.1) is 0 Å². The molecule has 0 aliphatic heterocycles. The molecule has 7 heteroatoms. The van der Waals surface area contributed by atoms with Crippen molar-refractivity contribution in [3.63, 3.8) is 0 Å². The number of nitrogens with zero attached hydrogens (tertiary/aromatic N) is 3. The number of fused-ring (bicyclic) bond motifs is 1. The van der Waals surface area contributed by atoms with Crippen molar-refractivity contribution >= 4 is 33.9 Å². The Balaban J connectivity index is 2.20. The molecular weight excluding hydrogens is 310 g/mol. The summed E-state index contributed by atoms with van der Waals surface area (Å²) >= 11 is 6.01. The monoisotopic (exact) mass is 316 g/mol. The molecule has 0 spiro atoms. The lowest BCUT2D eigenvalue weighted by Gasteiger charge is -2.12. The molecule has 22 heavy (non-hydrogen) atoms. The fourth-order valence-corrected chi connectivity index (χ4v) is 2.28. The quantitative estimate of drug-likeness (QED) is 0.721. The normalized spacial score (nSPS) is 10.5. The van der Waals surface area contributed by atoms with Crippen LogP contribution in [-0.4, -0.2) is 9.97 Å². The molecule has 0 saturated heterocycles. The molecule has 0 saturated carbocycles. The second kappa shape index (κ2) is 5.54. The molecule has 1 aromatic carbocycles. The van der Waals surface area contributed by atoms with Gasteiger partial charge in [0.15, 0.2) is 5.82 Å². The van der Waals surface area contributed by atoms with Crippen molar-refractivity contribution in [2.75, 3.05) is 5.32 Å². The smallest absolute Gasteiger partial charge is 0.249 e. The molecule has 0 aliphatic carbocycles. The van der Waals surface area contributed by atoms with E-state index in [9.17, 15) is 14.0 Å². The van der Waals surface area contributed by atoms with Crippen LogP contribution in [-0.2, 0) is 0 Å². The minimum Gasteiger partial charge on any atom is -0.352 e. The number of nitrogens with one attached hydrogen (secondary N) is 1. The predicted molar refractivity (Wildman–Crippen MR) is 78.9 cm³/mol. The van der Waals surface area contributed by atoms with E-state index in [1.54, 1.807) is 24.3 Å². The van der Waals surface area contributed by atoms with Crippen molar-refractivity contribution in [2.45, 2.75) is 0 Å². The summed E-state index contributed by atoms with van der Waals surface area (Å²) in [5, 5.41) is 12.8. The van der Waals surface area contributed by atoms with E-state index in [-0.39, 0.29) is 16.4 Å². The van der Waals surface area contributed by atoms with Crippen molar-refractivity contribution in [1.29, 1.82) is 5.26 Å². The minimum atomic E-state index is -1.19. The van der Waals surface area contributed by atoms with E-state index in [4.69, 9.17) is 11.6 Å². The number of pyridine rings is 2. The van der Waals surface area contributed by atoms with Crippen molar-refractivity contribution in [1.82, 2.24) is 9.97 Å². The summed E-state index contributed by atoms with van der Waals surface area (Å²) in [6.07, 6.45) is 1.13. The van der Waals surface area contributed by atoms with Gasteiger partial charge in [-0.3, -0.25) is 0 Å². The van der Waals surface area contributed by atoms with Gasteiger partial charge in [0.2, 0.25) is 5.95 Å². The van der Waals surface area contributed by atoms with Crippen LogP contribution in [0.4, 0.5) is 20.2 Å². The third-order valence-electron chi connectivity index (χ3n) is 3.03. The first kappa shape index (κ1) is 14.2. The zero-order chi connectivity index (χ0) is 15.7. The van der Waals surface area contributed by atoms with Gasteiger partial charge in [-0.25, -0.2) is 14.4 Å². The molecule has 3 aromatic rings. The van der Waals surface area contributed by atoms with Gasteiger partial charge < -0.3 is 5.32 Å². The van der Waals surface area contributed by atoms with E-state index in [0.29, 0.717) is 16.6 Å². The zero-order valence-corrected chi connectivity index (χ0v) is 11.7. The Morgan fingerprint density at radius 2 is 2.00 bits per heavy atom. The highest BCUT2D eigenvalue weighted by Gasteiger charge is 2.14. The number of hydrogen-bond donors (Lipinski definition) is 1. The van der Waals surface area contributed by atoms with Gasteiger partial charge in [-0.1, -0.05) is 29.8 Å². The lowest BCUT2D eigenvalue weighted by atomic mass is 10.1. The summed E-state index contributed by atoms with van der Waals surface area (Å²) in [5.41, 5.74) is 1.25. The number of anilines is 2. The van der Waals surface area contributed by atoms with Crippen molar-refractivity contribution in [2.24, 2.45) is 0 Å². The summed E-state index contributed by atoms with van der Waals surface area (Å²) in [6, 6.07) is 9.94. The molecule has 0 radical (unpaired) electrons. The summed E-state index contributed by atoms with van der Waals surface area (Å²) in [4.78, 5) is 7.43. The Bertz CT molecular complexity index is 921. The standard InChI is InChI=1S/C15H7ClF2N4/c16-14-10(6-19)13(9-3-1-2-4-12(9)22-14)21-8-5-11(17)15(18)20-7-8/h1-5,7H,(H,21,22). The number of hydrogen-bond acceptors (Lipinski definition) is 4. The molecular formula is C15H7ClF2N4. The van der Waals surface area contributed by atoms with Gasteiger partial charge in [0.05, 0.1) is 23.1 Å². The molecule has 0 bridgehead atoms. The molecule has 1 N–H and O–H groups in total. The van der Waals surface area contributed by atoms with E-state index in [1.807, 2.05) is 6.07 Å². The molecule has 0 aliphatic rings. The van der Waals surface area contributed by atoms with Crippen LogP contribution in [0.2, 0.25) is 5.15 Å². The largest absolute Gasteiger partial charge is 0.352 e. The van der Waals surface area contributed by atoms with Gasteiger partial charge in [-0.05, 0) is 6.07 Å². The van der Waals surface area contributed by atoms with E-state index < -0.39 is 11.8 Å². The van der Waals surface area contributed by atoms with Gasteiger partial charge in [-0.2, -0.15) is 9.65 Å². The summed E-state index contributed by atoms with van der Waals surface area (Å²) in [5.74, 6) is -2.28. The van der Waals surface area contributed by atoms with Gasteiger partial charge in [0, 0.05) is 11.5 Å². The SMILES string of the molecule is N#Cc1c(Cl)nc2ccccc2c1Nc1cnc(F)c(F)c1. The summed E-state index contributed by atoms with van der Waals surface area (Å²) in [7, 11) is 0. The molecule has 3 rings (SSSR count). The highest BCUT2D eigenvalue weighted by atomic mass is 35.5. The fraction of sp³-hybridized carbons (Fsp3) is 0. The average Bonchev–Trinajstić information content (AvgIpc) is 2.51. The third-order valence-corrected chi connectivity index (χ3v) is 3.30. The Morgan fingerprint density at radius 3 is 2.73 bits per heavy atom. The lowest BCUT2D eigenvalue weighted by molar-refractivity contribution is 0.480. The molecule has 2 heterocycles. The molecule has 0 unspecified atom stereocenters. The summed E-state index contributed by atoms with van der Waals surface area (Å²) in [6.45, 7) is 0. The van der Waals surface area contributed by atoms with Crippen molar-refractivity contribution < 1.29 is 8.78 Å². The molecule has 2 aromatic heterocycles. The van der Waals surface area contributed by atoms with E-state index in [0.717, 1.165) is 12.3 Å². The Hall–Kier alpha value is -2.78. The minimum absolute atomic E-state index is 0.0271. The Morgan fingerprint density at radius 1 is 1.23 bits per heavy atom. The fourth-order valence-electron chi connectivity index (χ4n) is 2.05. The van der Waals surface area contributed by atoms with Crippen LogP contribution in [0.5, 0.6) is 0 Å². The van der Waals surface area contributed by atoms with Crippen LogP contribution in [0.15, 0.2) is 36.5 Å². The van der Waals surface area contributed by atoms with Crippen LogP contribution in [0.3, 0.4) is 0 Å².